The Morgan fingerprint density at radius 2 is 0.678 bits per heavy atom. The summed E-state index contributed by atoms with van der Waals surface area (Å²) in [7, 11) is 2.26. The Morgan fingerprint density at radius 3 is 1.02 bits per heavy atom. The fraction of sp³-hybridized carbons (Fsp3) is 0.962. The monoisotopic (exact) mass is 833 g/mol. The molecule has 0 aromatic rings. The second-order valence-electron chi connectivity index (χ2n) is 19.3. The van der Waals surface area contributed by atoms with Crippen molar-refractivity contribution < 1.29 is 19.1 Å². The molecule has 6 heteroatoms. The Morgan fingerprint density at radius 1 is 0.390 bits per heavy atom. The van der Waals surface area contributed by atoms with Crippen molar-refractivity contribution in [3.8, 4) is 0 Å². The number of carbonyl (C=O) groups is 2. The molecular formula is C53H104N2O4. The number of piperazine rings is 1. The van der Waals surface area contributed by atoms with Crippen molar-refractivity contribution in [1.29, 1.82) is 0 Å². The molecule has 0 spiro atoms. The van der Waals surface area contributed by atoms with Crippen LogP contribution in [0.2, 0.25) is 0 Å². The maximum absolute atomic E-state index is 12.5. The smallest absolute Gasteiger partial charge is 0.306 e. The van der Waals surface area contributed by atoms with Crippen molar-refractivity contribution in [3.05, 3.63) is 0 Å². The zero-order valence-corrected chi connectivity index (χ0v) is 40.7. The van der Waals surface area contributed by atoms with Crippen LogP contribution in [0.4, 0.5) is 0 Å². The van der Waals surface area contributed by atoms with Gasteiger partial charge in [0, 0.05) is 45.6 Å². The van der Waals surface area contributed by atoms with Crippen LogP contribution in [0.3, 0.4) is 0 Å². The van der Waals surface area contributed by atoms with Crippen molar-refractivity contribution in [2.75, 3.05) is 53.0 Å². The predicted octanol–water partition coefficient (Wildman–Crippen LogP) is 15.3. The average Bonchev–Trinajstić information content (AvgIpc) is 3.22. The minimum Gasteiger partial charge on any atom is -0.466 e. The van der Waals surface area contributed by atoms with Crippen LogP contribution in [-0.2, 0) is 19.1 Å². The molecule has 0 saturated carbocycles. The van der Waals surface area contributed by atoms with Gasteiger partial charge in [-0.3, -0.25) is 9.59 Å². The van der Waals surface area contributed by atoms with E-state index in [-0.39, 0.29) is 11.9 Å². The number of unbranched alkanes of at least 4 members (excludes halogenated alkanes) is 22. The Labute approximate surface area is 369 Å². The fourth-order valence-electron chi connectivity index (χ4n) is 9.30. The van der Waals surface area contributed by atoms with Gasteiger partial charge < -0.3 is 19.3 Å². The lowest BCUT2D eigenvalue weighted by Crippen LogP contribution is -2.46. The van der Waals surface area contributed by atoms with Crippen LogP contribution in [-0.4, -0.2) is 74.7 Å². The van der Waals surface area contributed by atoms with Gasteiger partial charge in [-0.05, 0) is 76.2 Å². The summed E-state index contributed by atoms with van der Waals surface area (Å²) in [6, 6.07) is 0. The van der Waals surface area contributed by atoms with Gasteiger partial charge in [0.15, 0.2) is 0 Å². The largest absolute Gasteiger partial charge is 0.466 e. The third kappa shape index (κ3) is 36.1. The van der Waals surface area contributed by atoms with Gasteiger partial charge in [0.2, 0.25) is 0 Å². The highest BCUT2D eigenvalue weighted by molar-refractivity contribution is 5.70. The van der Waals surface area contributed by atoms with Crippen molar-refractivity contribution >= 4 is 11.9 Å². The summed E-state index contributed by atoms with van der Waals surface area (Å²) >= 11 is 0. The van der Waals surface area contributed by atoms with E-state index in [0.717, 1.165) is 18.8 Å². The zero-order valence-electron chi connectivity index (χ0n) is 40.7. The number of hydrogen-bond acceptors (Lipinski definition) is 6. The fourth-order valence-corrected chi connectivity index (χ4v) is 9.30. The van der Waals surface area contributed by atoms with Gasteiger partial charge in [0.1, 0.15) is 0 Å². The topological polar surface area (TPSA) is 59.1 Å². The molecule has 0 aromatic heterocycles. The second kappa shape index (κ2) is 42.2. The molecule has 59 heavy (non-hydrogen) atoms. The molecule has 6 nitrogen and oxygen atoms in total. The van der Waals surface area contributed by atoms with E-state index in [4.69, 9.17) is 9.47 Å². The molecule has 1 heterocycles. The average molecular weight is 833 g/mol. The van der Waals surface area contributed by atoms with Crippen LogP contribution >= 0.6 is 0 Å². The zero-order chi connectivity index (χ0) is 42.9. The van der Waals surface area contributed by atoms with Gasteiger partial charge in [0.05, 0.1) is 13.2 Å². The van der Waals surface area contributed by atoms with Gasteiger partial charge in [-0.2, -0.15) is 0 Å². The molecule has 1 saturated heterocycles. The van der Waals surface area contributed by atoms with Crippen molar-refractivity contribution in [2.24, 2.45) is 17.8 Å². The molecule has 0 radical (unpaired) electrons. The van der Waals surface area contributed by atoms with Crippen LogP contribution in [0.15, 0.2) is 0 Å². The van der Waals surface area contributed by atoms with Crippen molar-refractivity contribution in [3.63, 3.8) is 0 Å². The van der Waals surface area contributed by atoms with Gasteiger partial charge in [-0.25, -0.2) is 0 Å². The normalized spacial score (nSPS) is 14.0. The molecule has 0 aliphatic carbocycles. The summed E-state index contributed by atoms with van der Waals surface area (Å²) in [6.07, 6.45) is 44.5. The van der Waals surface area contributed by atoms with E-state index in [1.165, 1.54) is 238 Å². The van der Waals surface area contributed by atoms with E-state index >= 15 is 0 Å². The van der Waals surface area contributed by atoms with Crippen LogP contribution in [0.1, 0.15) is 259 Å². The molecule has 0 N–H and O–H groups in total. The molecule has 350 valence electrons. The van der Waals surface area contributed by atoms with E-state index in [2.05, 4.69) is 44.5 Å². The summed E-state index contributed by atoms with van der Waals surface area (Å²) in [5, 5.41) is 0. The number of likely N-dealkylation sites (N-methyl/N-ethyl adjacent to an activating group) is 1. The SMILES string of the molecule is CCCCCC(CCCCC)CC(=O)OCCCCCCCCCCC(CCCCCCCCCCOC(=O)CC(CCCCC)CCCCC)CN1CCN(C)CC1. The van der Waals surface area contributed by atoms with Crippen LogP contribution < -0.4 is 0 Å². The quantitative estimate of drug-likeness (QED) is 0.0450. The van der Waals surface area contributed by atoms with Crippen LogP contribution in [0, 0.1) is 17.8 Å². The molecule has 0 unspecified atom stereocenters. The summed E-state index contributed by atoms with van der Waals surface area (Å²) in [4.78, 5) is 30.3. The molecule has 1 fully saturated rings. The van der Waals surface area contributed by atoms with Gasteiger partial charge in [-0.1, -0.05) is 195 Å². The highest BCUT2D eigenvalue weighted by atomic mass is 16.5. The molecule has 0 bridgehead atoms. The number of esters is 2. The van der Waals surface area contributed by atoms with E-state index in [1.807, 2.05) is 0 Å². The number of hydrogen-bond donors (Lipinski definition) is 0. The van der Waals surface area contributed by atoms with E-state index in [1.54, 1.807) is 0 Å². The lowest BCUT2D eigenvalue weighted by molar-refractivity contribution is -0.146. The number of nitrogens with zero attached hydrogens (tertiary/aromatic N) is 2. The highest BCUT2D eigenvalue weighted by Gasteiger charge is 2.19. The van der Waals surface area contributed by atoms with Gasteiger partial charge >= 0.3 is 11.9 Å². The van der Waals surface area contributed by atoms with Crippen LogP contribution in [0.25, 0.3) is 0 Å². The van der Waals surface area contributed by atoms with Crippen molar-refractivity contribution in [2.45, 2.75) is 259 Å². The molecule has 1 aliphatic rings. The minimum absolute atomic E-state index is 0.0436. The maximum Gasteiger partial charge on any atom is 0.306 e. The first-order chi connectivity index (χ1) is 28.9. The summed E-state index contributed by atoms with van der Waals surface area (Å²) in [5.41, 5.74) is 0. The number of carbonyl (C=O) groups excluding carboxylic acids is 2. The van der Waals surface area contributed by atoms with Crippen LogP contribution in [0.5, 0.6) is 0 Å². The van der Waals surface area contributed by atoms with Gasteiger partial charge in [-0.15, -0.1) is 0 Å². The third-order valence-electron chi connectivity index (χ3n) is 13.4. The van der Waals surface area contributed by atoms with Gasteiger partial charge in [0.25, 0.3) is 0 Å². The highest BCUT2D eigenvalue weighted by Crippen LogP contribution is 2.24. The number of rotatable bonds is 44. The summed E-state index contributed by atoms with van der Waals surface area (Å²) in [5.74, 6) is 1.99. The summed E-state index contributed by atoms with van der Waals surface area (Å²) < 4.78 is 11.3. The van der Waals surface area contributed by atoms with E-state index in [0.29, 0.717) is 37.9 Å². The van der Waals surface area contributed by atoms with Crippen molar-refractivity contribution in [1.82, 2.24) is 9.80 Å². The first-order valence-corrected chi connectivity index (χ1v) is 26.6. The molecular weight excluding hydrogens is 729 g/mol. The lowest BCUT2D eigenvalue weighted by Gasteiger charge is -2.34. The standard InChI is InChI=1S/C53H104N2O4/c1-6-10-26-34-49(35-27-11-7-2)46-52(56)58-44-32-24-20-16-14-18-22-30-38-51(48-55-42-40-54(5)41-43-55)39-31-23-19-15-17-21-25-33-45-59-53(57)47-50(36-28-12-8-3)37-29-13-9-4/h49-51H,6-48H2,1-5H3. The second-order valence-corrected chi connectivity index (χ2v) is 19.3. The Bertz CT molecular complexity index is 826. The maximum atomic E-state index is 12.5. The molecule has 1 aliphatic heterocycles. The summed E-state index contributed by atoms with van der Waals surface area (Å²) in [6.45, 7) is 16.5. The molecule has 0 atom stereocenters. The minimum atomic E-state index is 0.0436. The Balaban J connectivity index is 2.15. The lowest BCUT2D eigenvalue weighted by atomic mass is 9.92. The number of ether oxygens (including phenoxy) is 2. The first kappa shape index (κ1) is 55.9. The third-order valence-corrected chi connectivity index (χ3v) is 13.4. The predicted molar refractivity (Wildman–Crippen MR) is 255 cm³/mol. The molecule has 0 amide bonds. The Hall–Kier alpha value is -1.14. The first-order valence-electron chi connectivity index (χ1n) is 26.6. The van der Waals surface area contributed by atoms with E-state index in [9.17, 15) is 9.59 Å². The van der Waals surface area contributed by atoms with E-state index < -0.39 is 0 Å². The Kier molecular flexibility index (Phi) is 39.9. The molecule has 1 rings (SSSR count). The molecule has 0 aromatic carbocycles.